The third kappa shape index (κ3) is 7.34. The Bertz CT molecular complexity index is 797. The Labute approximate surface area is 193 Å². The number of ether oxygens (including phenoxy) is 1. The van der Waals surface area contributed by atoms with E-state index in [0.717, 1.165) is 24.8 Å². The first-order chi connectivity index (χ1) is 15.1. The summed E-state index contributed by atoms with van der Waals surface area (Å²) in [4.78, 5) is 27.0. The maximum Gasteiger partial charge on any atom is 0.323 e. The van der Waals surface area contributed by atoms with Crippen LogP contribution in [0.5, 0.6) is 0 Å². The molecule has 0 spiro atoms. The number of hydrogen-bond acceptors (Lipinski definition) is 5. The topological polar surface area (TPSA) is 82.4 Å². The molecular weight excluding hydrogens is 402 g/mol. The normalized spacial score (nSPS) is 23.2. The van der Waals surface area contributed by atoms with Crippen molar-refractivity contribution in [3.8, 4) is 6.07 Å². The van der Waals surface area contributed by atoms with E-state index in [0.29, 0.717) is 13.0 Å². The average Bonchev–Trinajstić information content (AvgIpc) is 3.04. The van der Waals surface area contributed by atoms with Crippen molar-refractivity contribution < 1.29 is 14.3 Å². The van der Waals surface area contributed by atoms with Gasteiger partial charge in [-0.1, -0.05) is 43.7 Å². The summed E-state index contributed by atoms with van der Waals surface area (Å²) in [7, 11) is 0. The van der Waals surface area contributed by atoms with Gasteiger partial charge in [-0.3, -0.25) is 14.5 Å². The first kappa shape index (κ1) is 25.9. The van der Waals surface area contributed by atoms with E-state index in [2.05, 4.69) is 23.2 Å². The number of nitrogens with zero attached hydrogens (tertiary/aromatic N) is 2. The highest BCUT2D eigenvalue weighted by molar-refractivity contribution is 5.77. The van der Waals surface area contributed by atoms with Crippen molar-refractivity contribution in [1.29, 1.82) is 5.26 Å². The van der Waals surface area contributed by atoms with Crippen LogP contribution in [0.2, 0.25) is 0 Å². The molecule has 0 radical (unpaired) electrons. The number of benzene rings is 1. The monoisotopic (exact) mass is 441 g/mol. The summed E-state index contributed by atoms with van der Waals surface area (Å²) in [5, 5.41) is 13.0. The molecule has 0 bridgehead atoms. The Hall–Kier alpha value is -2.39. The molecule has 1 fully saturated rings. The summed E-state index contributed by atoms with van der Waals surface area (Å²) in [6.07, 6.45) is 3.16. The zero-order valence-electron chi connectivity index (χ0n) is 20.4. The van der Waals surface area contributed by atoms with E-state index >= 15 is 0 Å². The predicted octanol–water partition coefficient (Wildman–Crippen LogP) is 4.44. The summed E-state index contributed by atoms with van der Waals surface area (Å²) in [5.74, 6) is -0.353. The number of nitriles is 1. The van der Waals surface area contributed by atoms with Crippen molar-refractivity contribution in [3.63, 3.8) is 0 Å². The lowest BCUT2D eigenvalue weighted by atomic mass is 9.85. The van der Waals surface area contributed by atoms with Gasteiger partial charge in [-0.15, -0.1) is 0 Å². The third-order valence-electron chi connectivity index (χ3n) is 6.16. The molecule has 2 unspecified atom stereocenters. The van der Waals surface area contributed by atoms with E-state index in [1.54, 1.807) is 0 Å². The Kier molecular flexibility index (Phi) is 9.27. The Balaban J connectivity index is 2.35. The van der Waals surface area contributed by atoms with Gasteiger partial charge >= 0.3 is 5.97 Å². The van der Waals surface area contributed by atoms with Gasteiger partial charge in [0.05, 0.1) is 12.0 Å². The highest BCUT2D eigenvalue weighted by atomic mass is 16.6. The van der Waals surface area contributed by atoms with Gasteiger partial charge in [-0.2, -0.15) is 5.26 Å². The van der Waals surface area contributed by atoms with Crippen LogP contribution in [0.4, 0.5) is 0 Å². The summed E-state index contributed by atoms with van der Waals surface area (Å²) in [6.45, 7) is 11.9. The summed E-state index contributed by atoms with van der Waals surface area (Å²) in [5.41, 5.74) is 0.520. The number of carbonyl (C=O) groups excluding carboxylic acids is 2. The van der Waals surface area contributed by atoms with E-state index in [1.165, 1.54) is 6.92 Å². The smallest absolute Gasteiger partial charge is 0.323 e. The van der Waals surface area contributed by atoms with Crippen LogP contribution in [0.15, 0.2) is 30.3 Å². The van der Waals surface area contributed by atoms with Crippen LogP contribution in [-0.4, -0.2) is 40.5 Å². The fourth-order valence-electron chi connectivity index (χ4n) is 4.75. The standard InChI is InChI=1S/C26H39N3O3/c1-7-11-21(18(2)28-19(3)30)14-23-22(16-27)15-24(25(31)32-26(4,5)6)29(23)17-20-12-9-8-10-13-20/h8-10,12-13,18,21-24H,7,11,14-15,17H2,1-6H3,(H,28,30)/t18?,21?,22-,23+,24+/m0/s1. The predicted molar refractivity (Wildman–Crippen MR) is 125 cm³/mol. The van der Waals surface area contributed by atoms with Crippen LogP contribution in [0.25, 0.3) is 0 Å². The molecule has 6 nitrogen and oxygen atoms in total. The van der Waals surface area contributed by atoms with E-state index in [4.69, 9.17) is 4.74 Å². The van der Waals surface area contributed by atoms with Gasteiger partial charge < -0.3 is 10.1 Å². The molecule has 1 aliphatic rings. The Morgan fingerprint density at radius 1 is 1.28 bits per heavy atom. The maximum atomic E-state index is 13.1. The Morgan fingerprint density at radius 2 is 1.94 bits per heavy atom. The van der Waals surface area contributed by atoms with Crippen LogP contribution in [-0.2, 0) is 20.9 Å². The summed E-state index contributed by atoms with van der Waals surface area (Å²) < 4.78 is 5.74. The number of carbonyl (C=O) groups is 2. The number of esters is 1. The van der Waals surface area contributed by atoms with Gasteiger partial charge in [0.15, 0.2) is 0 Å². The minimum atomic E-state index is -0.583. The van der Waals surface area contributed by atoms with Gasteiger partial charge in [0, 0.05) is 25.6 Å². The van der Waals surface area contributed by atoms with Crippen molar-refractivity contribution >= 4 is 11.9 Å². The van der Waals surface area contributed by atoms with Crippen LogP contribution in [0.1, 0.15) is 72.8 Å². The quantitative estimate of drug-likeness (QED) is 0.573. The van der Waals surface area contributed by atoms with Crippen molar-refractivity contribution in [3.05, 3.63) is 35.9 Å². The number of nitrogens with one attached hydrogen (secondary N) is 1. The molecule has 1 aromatic carbocycles. The number of hydrogen-bond donors (Lipinski definition) is 1. The second-order valence-electron chi connectivity index (χ2n) is 10.0. The van der Waals surface area contributed by atoms with Gasteiger partial charge in [-0.05, 0) is 58.4 Å². The van der Waals surface area contributed by atoms with Crippen molar-refractivity contribution in [2.45, 2.75) is 97.5 Å². The minimum absolute atomic E-state index is 0.00550. The molecule has 1 saturated heterocycles. The molecule has 5 atom stereocenters. The second kappa shape index (κ2) is 11.5. The molecular formula is C26H39N3O3. The van der Waals surface area contributed by atoms with Crippen LogP contribution < -0.4 is 5.32 Å². The number of rotatable bonds is 9. The molecule has 1 aliphatic heterocycles. The highest BCUT2D eigenvalue weighted by Crippen LogP contribution is 2.37. The molecule has 2 rings (SSSR count). The summed E-state index contributed by atoms with van der Waals surface area (Å²) in [6, 6.07) is 12.0. The van der Waals surface area contributed by atoms with E-state index in [-0.39, 0.29) is 35.8 Å². The molecule has 6 heteroatoms. The molecule has 1 heterocycles. The lowest BCUT2D eigenvalue weighted by Gasteiger charge is -2.35. The second-order valence-corrected chi connectivity index (χ2v) is 10.0. The largest absolute Gasteiger partial charge is 0.459 e. The molecule has 1 aromatic rings. The molecule has 176 valence electrons. The molecule has 1 N–H and O–H groups in total. The van der Waals surface area contributed by atoms with Crippen molar-refractivity contribution in [1.82, 2.24) is 10.2 Å². The molecule has 0 saturated carbocycles. The van der Waals surface area contributed by atoms with Crippen LogP contribution in [0, 0.1) is 23.2 Å². The summed E-state index contributed by atoms with van der Waals surface area (Å²) >= 11 is 0. The van der Waals surface area contributed by atoms with E-state index in [9.17, 15) is 14.9 Å². The number of amides is 1. The van der Waals surface area contributed by atoms with Crippen molar-refractivity contribution in [2.75, 3.05) is 0 Å². The number of likely N-dealkylation sites (tertiary alicyclic amines) is 1. The van der Waals surface area contributed by atoms with Crippen LogP contribution in [0.3, 0.4) is 0 Å². The van der Waals surface area contributed by atoms with Crippen LogP contribution >= 0.6 is 0 Å². The lowest BCUT2D eigenvalue weighted by Crippen LogP contribution is -2.46. The zero-order chi connectivity index (χ0) is 23.9. The van der Waals surface area contributed by atoms with Gasteiger partial charge in [-0.25, -0.2) is 0 Å². The molecule has 0 aromatic heterocycles. The molecule has 1 amide bonds. The first-order valence-corrected chi connectivity index (χ1v) is 11.7. The van der Waals surface area contributed by atoms with Gasteiger partial charge in [0.1, 0.15) is 11.6 Å². The molecule has 0 aliphatic carbocycles. The highest BCUT2D eigenvalue weighted by Gasteiger charge is 2.47. The fraction of sp³-hybridized carbons (Fsp3) is 0.654. The van der Waals surface area contributed by atoms with Gasteiger partial charge in [0.25, 0.3) is 0 Å². The van der Waals surface area contributed by atoms with E-state index in [1.807, 2.05) is 58.0 Å². The average molecular weight is 442 g/mol. The molecule has 32 heavy (non-hydrogen) atoms. The Morgan fingerprint density at radius 3 is 2.47 bits per heavy atom. The van der Waals surface area contributed by atoms with Gasteiger partial charge in [0.2, 0.25) is 5.91 Å². The lowest BCUT2D eigenvalue weighted by molar-refractivity contribution is -0.161. The zero-order valence-corrected chi connectivity index (χ0v) is 20.4. The first-order valence-electron chi connectivity index (χ1n) is 11.7. The van der Waals surface area contributed by atoms with Crippen molar-refractivity contribution in [2.24, 2.45) is 11.8 Å². The minimum Gasteiger partial charge on any atom is -0.459 e. The maximum absolute atomic E-state index is 13.1. The van der Waals surface area contributed by atoms with E-state index < -0.39 is 11.6 Å². The fourth-order valence-corrected chi connectivity index (χ4v) is 4.75. The third-order valence-corrected chi connectivity index (χ3v) is 6.16. The SMILES string of the molecule is CCCC(C[C@@H]1[C@H](C#N)C[C@H](C(=O)OC(C)(C)C)N1Cc1ccccc1)C(C)NC(C)=O.